The number of nitrogens with two attached hydrogens (primary N) is 1. The summed E-state index contributed by atoms with van der Waals surface area (Å²) < 4.78 is 18.5. The van der Waals surface area contributed by atoms with E-state index in [1.165, 1.54) is 12.1 Å². The zero-order valence-corrected chi connectivity index (χ0v) is 11.2. The lowest BCUT2D eigenvalue weighted by molar-refractivity contribution is -0.142. The zero-order chi connectivity index (χ0) is 14.7. The molecule has 0 spiro atoms. The lowest BCUT2D eigenvalue weighted by Gasteiger charge is -2.35. The van der Waals surface area contributed by atoms with Crippen LogP contribution in [0.25, 0.3) is 0 Å². The van der Waals surface area contributed by atoms with Crippen LogP contribution in [0.4, 0.5) is 4.39 Å². The summed E-state index contributed by atoms with van der Waals surface area (Å²) in [7, 11) is 0. The summed E-state index contributed by atoms with van der Waals surface area (Å²) in [4.78, 5) is 13.2. The fraction of sp³-hybridized carbons (Fsp3) is 0.429. The zero-order valence-electron chi connectivity index (χ0n) is 11.2. The van der Waals surface area contributed by atoms with E-state index in [1.807, 2.05) is 17.9 Å². The molecule has 2 N–H and O–H groups in total. The molecule has 106 valence electrons. The molecule has 0 aromatic heterocycles. The summed E-state index contributed by atoms with van der Waals surface area (Å²) >= 11 is 0. The van der Waals surface area contributed by atoms with Gasteiger partial charge >= 0.3 is 0 Å². The SMILES string of the molecule is C[C@@H]1CN(Cc2ccc(F)cc2C#N)C[C@H](C(N)=O)O1. The maximum absolute atomic E-state index is 13.1. The van der Waals surface area contributed by atoms with Gasteiger partial charge in [-0.05, 0) is 24.6 Å². The van der Waals surface area contributed by atoms with E-state index in [9.17, 15) is 9.18 Å². The van der Waals surface area contributed by atoms with Crippen molar-refractivity contribution >= 4 is 5.91 Å². The molecule has 2 rings (SSSR count). The molecule has 0 radical (unpaired) electrons. The van der Waals surface area contributed by atoms with Gasteiger partial charge in [0, 0.05) is 19.6 Å². The van der Waals surface area contributed by atoms with Gasteiger partial charge < -0.3 is 10.5 Å². The fourth-order valence-corrected chi connectivity index (χ4v) is 2.36. The Morgan fingerprint density at radius 2 is 2.35 bits per heavy atom. The van der Waals surface area contributed by atoms with Crippen molar-refractivity contribution in [2.75, 3.05) is 13.1 Å². The first-order valence-corrected chi connectivity index (χ1v) is 6.35. The minimum absolute atomic E-state index is 0.118. The van der Waals surface area contributed by atoms with Crippen LogP contribution in [-0.4, -0.2) is 36.1 Å². The van der Waals surface area contributed by atoms with E-state index < -0.39 is 17.8 Å². The predicted molar refractivity (Wildman–Crippen MR) is 69.9 cm³/mol. The third kappa shape index (κ3) is 3.32. The van der Waals surface area contributed by atoms with Gasteiger partial charge in [-0.2, -0.15) is 5.26 Å². The van der Waals surface area contributed by atoms with Gasteiger partial charge in [0.05, 0.1) is 17.7 Å². The molecule has 1 aliphatic rings. The molecule has 5 nitrogen and oxygen atoms in total. The lowest BCUT2D eigenvalue weighted by atomic mass is 10.1. The molecule has 1 amide bonds. The number of primary amides is 1. The second-order valence-electron chi connectivity index (χ2n) is 4.95. The first-order chi connectivity index (χ1) is 9.49. The predicted octanol–water partition coefficient (Wildman–Crippen LogP) is 0.772. The molecule has 1 heterocycles. The Morgan fingerprint density at radius 3 is 3.00 bits per heavy atom. The monoisotopic (exact) mass is 277 g/mol. The lowest BCUT2D eigenvalue weighted by Crippen LogP contribution is -2.51. The number of rotatable bonds is 3. The Hall–Kier alpha value is -1.97. The van der Waals surface area contributed by atoms with E-state index in [4.69, 9.17) is 15.7 Å². The van der Waals surface area contributed by atoms with E-state index in [1.54, 1.807) is 6.07 Å². The van der Waals surface area contributed by atoms with Gasteiger partial charge in [0.1, 0.15) is 11.9 Å². The Labute approximate surface area is 116 Å². The Morgan fingerprint density at radius 1 is 1.60 bits per heavy atom. The second kappa shape index (κ2) is 5.99. The summed E-state index contributed by atoms with van der Waals surface area (Å²) in [6.45, 7) is 3.33. The Kier molecular flexibility index (Phi) is 4.32. The van der Waals surface area contributed by atoms with E-state index in [0.29, 0.717) is 25.2 Å². The van der Waals surface area contributed by atoms with Gasteiger partial charge in [-0.3, -0.25) is 9.69 Å². The molecular formula is C14H16FN3O2. The average Bonchev–Trinajstić information content (AvgIpc) is 2.40. The molecule has 1 fully saturated rings. The van der Waals surface area contributed by atoms with Crippen LogP contribution in [-0.2, 0) is 16.1 Å². The van der Waals surface area contributed by atoms with Crippen LogP contribution >= 0.6 is 0 Å². The highest BCUT2D eigenvalue weighted by molar-refractivity contribution is 5.79. The highest BCUT2D eigenvalue weighted by Gasteiger charge is 2.29. The van der Waals surface area contributed by atoms with E-state index >= 15 is 0 Å². The molecule has 2 atom stereocenters. The van der Waals surface area contributed by atoms with Crippen molar-refractivity contribution in [1.82, 2.24) is 4.90 Å². The van der Waals surface area contributed by atoms with Crippen LogP contribution in [0, 0.1) is 17.1 Å². The maximum atomic E-state index is 13.1. The van der Waals surface area contributed by atoms with Crippen molar-refractivity contribution in [3.05, 3.63) is 35.1 Å². The van der Waals surface area contributed by atoms with Gasteiger partial charge in [0.15, 0.2) is 0 Å². The molecule has 0 bridgehead atoms. The van der Waals surface area contributed by atoms with Crippen molar-refractivity contribution in [2.24, 2.45) is 5.73 Å². The topological polar surface area (TPSA) is 79.4 Å². The molecule has 1 aliphatic heterocycles. The quantitative estimate of drug-likeness (QED) is 0.885. The number of hydrogen-bond acceptors (Lipinski definition) is 4. The summed E-state index contributed by atoms with van der Waals surface area (Å²) in [5.74, 6) is -0.933. The van der Waals surface area contributed by atoms with Crippen molar-refractivity contribution < 1.29 is 13.9 Å². The molecule has 0 unspecified atom stereocenters. The molecule has 0 saturated carbocycles. The van der Waals surface area contributed by atoms with E-state index in [0.717, 1.165) is 5.56 Å². The summed E-state index contributed by atoms with van der Waals surface area (Å²) in [5.41, 5.74) is 6.30. The van der Waals surface area contributed by atoms with Crippen LogP contribution in [0.3, 0.4) is 0 Å². The Bertz CT molecular complexity index is 556. The number of carbonyl (C=O) groups is 1. The second-order valence-corrected chi connectivity index (χ2v) is 4.95. The smallest absolute Gasteiger partial charge is 0.247 e. The normalized spacial score (nSPS) is 23.2. The van der Waals surface area contributed by atoms with Crippen LogP contribution < -0.4 is 5.73 Å². The van der Waals surface area contributed by atoms with Gasteiger partial charge in [-0.25, -0.2) is 4.39 Å². The number of hydrogen-bond donors (Lipinski definition) is 1. The summed E-state index contributed by atoms with van der Waals surface area (Å²) in [6.07, 6.45) is -0.767. The molecule has 1 saturated heterocycles. The van der Waals surface area contributed by atoms with Crippen molar-refractivity contribution in [3.8, 4) is 6.07 Å². The van der Waals surface area contributed by atoms with Crippen LogP contribution in [0.1, 0.15) is 18.1 Å². The number of carbonyl (C=O) groups excluding carboxylic acids is 1. The van der Waals surface area contributed by atoms with Crippen molar-refractivity contribution in [3.63, 3.8) is 0 Å². The minimum Gasteiger partial charge on any atom is -0.367 e. The highest BCUT2D eigenvalue weighted by Crippen LogP contribution is 2.17. The summed E-state index contributed by atoms with van der Waals surface area (Å²) in [5, 5.41) is 9.03. The van der Waals surface area contributed by atoms with Gasteiger partial charge in [0.25, 0.3) is 0 Å². The third-order valence-electron chi connectivity index (χ3n) is 3.24. The van der Waals surface area contributed by atoms with Crippen LogP contribution in [0.15, 0.2) is 18.2 Å². The molecular weight excluding hydrogens is 261 g/mol. The van der Waals surface area contributed by atoms with E-state index in [-0.39, 0.29) is 6.10 Å². The number of nitriles is 1. The number of halogens is 1. The third-order valence-corrected chi connectivity index (χ3v) is 3.24. The first-order valence-electron chi connectivity index (χ1n) is 6.35. The van der Waals surface area contributed by atoms with Crippen LogP contribution in [0.2, 0.25) is 0 Å². The number of morpholine rings is 1. The average molecular weight is 277 g/mol. The maximum Gasteiger partial charge on any atom is 0.247 e. The largest absolute Gasteiger partial charge is 0.367 e. The van der Waals surface area contributed by atoms with Crippen molar-refractivity contribution in [1.29, 1.82) is 5.26 Å². The van der Waals surface area contributed by atoms with Gasteiger partial charge in [0.2, 0.25) is 5.91 Å². The van der Waals surface area contributed by atoms with Crippen molar-refractivity contribution in [2.45, 2.75) is 25.7 Å². The fourth-order valence-electron chi connectivity index (χ4n) is 2.36. The molecule has 1 aromatic rings. The van der Waals surface area contributed by atoms with Gasteiger partial charge in [-0.1, -0.05) is 6.07 Å². The molecule has 6 heteroatoms. The first kappa shape index (κ1) is 14.4. The number of amides is 1. The molecule has 1 aromatic carbocycles. The Balaban J connectivity index is 2.13. The highest BCUT2D eigenvalue weighted by atomic mass is 19.1. The number of ether oxygens (including phenoxy) is 1. The number of nitrogens with zero attached hydrogens (tertiary/aromatic N) is 2. The van der Waals surface area contributed by atoms with Crippen LogP contribution in [0.5, 0.6) is 0 Å². The molecule has 0 aliphatic carbocycles. The van der Waals surface area contributed by atoms with E-state index in [2.05, 4.69) is 0 Å². The minimum atomic E-state index is -0.648. The standard InChI is InChI=1S/C14H16FN3O2/c1-9-6-18(8-13(20-9)14(17)19)7-10-2-3-12(15)4-11(10)5-16/h2-4,9,13H,6-8H2,1H3,(H2,17,19)/t9-,13-/m1/s1. The molecule has 20 heavy (non-hydrogen) atoms. The van der Waals surface area contributed by atoms with Gasteiger partial charge in [-0.15, -0.1) is 0 Å². The number of benzene rings is 1. The summed E-state index contributed by atoms with van der Waals surface area (Å²) in [6, 6.07) is 6.11.